The number of H-pyrrole nitrogens is 1. The highest BCUT2D eigenvalue weighted by atomic mass is 16.4. The molecule has 0 unspecified atom stereocenters. The Morgan fingerprint density at radius 2 is 1.72 bits per heavy atom. The van der Waals surface area contributed by atoms with Gasteiger partial charge in [0.05, 0.1) is 6.04 Å². The number of rotatable bonds is 8. The average molecular weight is 531 g/mol. The van der Waals surface area contributed by atoms with E-state index in [1.807, 2.05) is 56.3 Å². The molecule has 4 N–H and O–H groups in total. The molecule has 2 aliphatic rings. The standard InChI is InChI=1S/C30H34N4O5/c1-5-16(4)24(28(36)32-23(15(2)3)30(38)39)33-27(35)22-14-20-17-10-8-9-13-21(17)31-25(20)26-18-11-6-7-12-19(18)29(37)34(22)26/h6-13,15-16,22-24,26,31H,5,14H2,1-4H3,(H,32,36)(H,33,35)(H,38,39)/t16-,22-,23+,24-,26-/m0/s1. The number of aliphatic carboxylic acids is 1. The minimum absolute atomic E-state index is 0.227. The van der Waals surface area contributed by atoms with Gasteiger partial charge in [0, 0.05) is 28.6 Å². The third kappa shape index (κ3) is 4.45. The van der Waals surface area contributed by atoms with Crippen molar-refractivity contribution >= 4 is 34.6 Å². The number of nitrogens with zero attached hydrogens (tertiary/aromatic N) is 1. The minimum Gasteiger partial charge on any atom is -0.480 e. The van der Waals surface area contributed by atoms with Crippen LogP contribution in [0.5, 0.6) is 0 Å². The number of hydrogen-bond donors (Lipinski definition) is 4. The molecule has 2 aliphatic heterocycles. The van der Waals surface area contributed by atoms with Crippen molar-refractivity contribution in [1.82, 2.24) is 20.5 Å². The van der Waals surface area contributed by atoms with Crippen LogP contribution in [0.1, 0.15) is 67.3 Å². The molecule has 0 fully saturated rings. The van der Waals surface area contributed by atoms with Gasteiger partial charge in [-0.2, -0.15) is 0 Å². The van der Waals surface area contributed by atoms with E-state index in [-0.39, 0.29) is 17.7 Å². The zero-order valence-corrected chi connectivity index (χ0v) is 22.5. The summed E-state index contributed by atoms with van der Waals surface area (Å²) in [6, 6.07) is 11.9. The van der Waals surface area contributed by atoms with Crippen molar-refractivity contribution in [3.63, 3.8) is 0 Å². The summed E-state index contributed by atoms with van der Waals surface area (Å²) in [5, 5.41) is 16.1. The molecule has 3 amide bonds. The molecule has 5 atom stereocenters. The molecule has 9 nitrogen and oxygen atoms in total. The Morgan fingerprint density at radius 3 is 2.41 bits per heavy atom. The molecular formula is C30H34N4O5. The largest absolute Gasteiger partial charge is 0.480 e. The molecule has 3 heterocycles. The molecule has 9 heteroatoms. The summed E-state index contributed by atoms with van der Waals surface area (Å²) in [4.78, 5) is 57.8. The maximum absolute atomic E-state index is 14.0. The number of carbonyl (C=O) groups excluding carboxylic acids is 3. The summed E-state index contributed by atoms with van der Waals surface area (Å²) >= 11 is 0. The number of fused-ring (bicyclic) bond motifs is 7. The maximum atomic E-state index is 14.0. The summed E-state index contributed by atoms with van der Waals surface area (Å²) < 4.78 is 0. The molecule has 0 aliphatic carbocycles. The molecule has 39 heavy (non-hydrogen) atoms. The zero-order chi connectivity index (χ0) is 28.0. The third-order valence-corrected chi connectivity index (χ3v) is 8.18. The number of aromatic nitrogens is 1. The van der Waals surface area contributed by atoms with Crippen molar-refractivity contribution in [2.75, 3.05) is 0 Å². The van der Waals surface area contributed by atoms with Gasteiger partial charge in [0.25, 0.3) is 5.91 Å². The van der Waals surface area contributed by atoms with Crippen LogP contribution in [0.25, 0.3) is 10.9 Å². The van der Waals surface area contributed by atoms with Crippen molar-refractivity contribution in [2.45, 2.75) is 64.7 Å². The van der Waals surface area contributed by atoms with Crippen molar-refractivity contribution in [3.05, 3.63) is 70.9 Å². The summed E-state index contributed by atoms with van der Waals surface area (Å²) in [6.45, 7) is 7.18. The number of carbonyl (C=O) groups is 4. The van der Waals surface area contributed by atoms with Gasteiger partial charge in [-0.05, 0) is 35.1 Å². The summed E-state index contributed by atoms with van der Waals surface area (Å²) in [5.74, 6) is -2.93. The van der Waals surface area contributed by atoms with E-state index in [4.69, 9.17) is 0 Å². The van der Waals surface area contributed by atoms with Gasteiger partial charge in [-0.25, -0.2) is 4.79 Å². The summed E-state index contributed by atoms with van der Waals surface area (Å²) in [7, 11) is 0. The quantitative estimate of drug-likeness (QED) is 0.355. The van der Waals surface area contributed by atoms with Crippen LogP contribution >= 0.6 is 0 Å². The van der Waals surface area contributed by atoms with Gasteiger partial charge >= 0.3 is 5.97 Å². The predicted octanol–water partition coefficient (Wildman–Crippen LogP) is 3.39. The molecule has 2 aromatic carbocycles. The SMILES string of the molecule is CC[C@H](C)[C@H](NC(=O)[C@@H]1Cc2c([nH]c3ccccc23)[C@@H]2c3ccccc3C(=O)N21)C(=O)N[C@@H](C(=O)O)C(C)C. The van der Waals surface area contributed by atoms with E-state index >= 15 is 0 Å². The second-order valence-corrected chi connectivity index (χ2v) is 10.9. The van der Waals surface area contributed by atoms with E-state index < -0.39 is 42.0 Å². The Kier molecular flexibility index (Phi) is 6.92. The molecule has 0 radical (unpaired) electrons. The Hall–Kier alpha value is -4.14. The van der Waals surface area contributed by atoms with E-state index in [0.29, 0.717) is 18.4 Å². The number of amides is 3. The number of nitrogens with one attached hydrogen (secondary N) is 3. The number of para-hydroxylation sites is 1. The van der Waals surface area contributed by atoms with Crippen molar-refractivity contribution < 1.29 is 24.3 Å². The third-order valence-electron chi connectivity index (χ3n) is 8.18. The molecule has 204 valence electrons. The van der Waals surface area contributed by atoms with Crippen LogP contribution in [-0.2, 0) is 20.8 Å². The fraction of sp³-hybridized carbons (Fsp3) is 0.400. The maximum Gasteiger partial charge on any atom is 0.326 e. The fourth-order valence-corrected chi connectivity index (χ4v) is 5.85. The second kappa shape index (κ2) is 10.2. The lowest BCUT2D eigenvalue weighted by Crippen LogP contribution is -2.59. The van der Waals surface area contributed by atoms with Gasteiger partial charge in [0.2, 0.25) is 11.8 Å². The van der Waals surface area contributed by atoms with E-state index in [1.54, 1.807) is 24.8 Å². The smallest absolute Gasteiger partial charge is 0.326 e. The molecule has 0 spiro atoms. The fourth-order valence-electron chi connectivity index (χ4n) is 5.85. The van der Waals surface area contributed by atoms with E-state index in [0.717, 1.165) is 27.7 Å². The van der Waals surface area contributed by atoms with E-state index in [2.05, 4.69) is 15.6 Å². The lowest BCUT2D eigenvalue weighted by molar-refractivity contribution is -0.144. The normalized spacial score (nSPS) is 20.1. The predicted molar refractivity (Wildman–Crippen MR) is 146 cm³/mol. The Morgan fingerprint density at radius 1 is 1.03 bits per heavy atom. The van der Waals surface area contributed by atoms with Crippen LogP contribution in [0.3, 0.4) is 0 Å². The van der Waals surface area contributed by atoms with E-state index in [9.17, 15) is 24.3 Å². The molecule has 3 aromatic rings. The Bertz CT molecular complexity index is 1460. The van der Waals surface area contributed by atoms with Gasteiger partial charge < -0.3 is 25.6 Å². The van der Waals surface area contributed by atoms with Crippen molar-refractivity contribution in [1.29, 1.82) is 0 Å². The van der Waals surface area contributed by atoms with Gasteiger partial charge in [-0.1, -0.05) is 70.5 Å². The minimum atomic E-state index is -1.13. The number of aromatic amines is 1. The lowest BCUT2D eigenvalue weighted by atomic mass is 9.89. The summed E-state index contributed by atoms with van der Waals surface area (Å²) in [6.07, 6.45) is 0.881. The highest BCUT2D eigenvalue weighted by Crippen LogP contribution is 2.46. The van der Waals surface area contributed by atoms with Crippen LogP contribution in [0, 0.1) is 11.8 Å². The molecule has 1 aromatic heterocycles. The zero-order valence-electron chi connectivity index (χ0n) is 22.5. The molecule has 0 bridgehead atoms. The average Bonchev–Trinajstić information content (AvgIpc) is 3.44. The van der Waals surface area contributed by atoms with Crippen molar-refractivity contribution in [2.24, 2.45) is 11.8 Å². The lowest BCUT2D eigenvalue weighted by Gasteiger charge is -2.38. The van der Waals surface area contributed by atoms with Crippen LogP contribution in [0.4, 0.5) is 0 Å². The topological polar surface area (TPSA) is 132 Å². The number of carboxylic acids is 1. The number of hydrogen-bond acceptors (Lipinski definition) is 4. The molecule has 5 rings (SSSR count). The van der Waals surface area contributed by atoms with Crippen LogP contribution in [0.15, 0.2) is 48.5 Å². The van der Waals surface area contributed by atoms with Crippen LogP contribution < -0.4 is 10.6 Å². The highest BCUT2D eigenvalue weighted by Gasteiger charge is 2.49. The number of benzene rings is 2. The van der Waals surface area contributed by atoms with Crippen molar-refractivity contribution in [3.8, 4) is 0 Å². The highest BCUT2D eigenvalue weighted by molar-refractivity contribution is 6.04. The van der Waals surface area contributed by atoms with E-state index in [1.165, 1.54) is 0 Å². The van der Waals surface area contributed by atoms with Crippen LogP contribution in [-0.4, -0.2) is 56.8 Å². The first kappa shape index (κ1) is 26.5. The molecular weight excluding hydrogens is 496 g/mol. The van der Waals surface area contributed by atoms with Gasteiger partial charge in [-0.3, -0.25) is 14.4 Å². The second-order valence-electron chi connectivity index (χ2n) is 10.9. The van der Waals surface area contributed by atoms with Gasteiger partial charge in [0.1, 0.15) is 18.1 Å². The first-order chi connectivity index (χ1) is 18.6. The first-order valence-corrected chi connectivity index (χ1v) is 13.5. The number of carboxylic acid groups (broad SMARTS) is 1. The van der Waals surface area contributed by atoms with Gasteiger partial charge in [-0.15, -0.1) is 0 Å². The first-order valence-electron chi connectivity index (χ1n) is 13.5. The Labute approximate surface area is 227 Å². The van der Waals surface area contributed by atoms with Crippen LogP contribution in [0.2, 0.25) is 0 Å². The monoisotopic (exact) mass is 530 g/mol. The summed E-state index contributed by atoms with van der Waals surface area (Å²) in [5.41, 5.74) is 4.21. The molecule has 0 saturated carbocycles. The molecule has 0 saturated heterocycles. The van der Waals surface area contributed by atoms with Gasteiger partial charge in [0.15, 0.2) is 0 Å². The Balaban J connectivity index is 1.51.